The first-order valence-electron chi connectivity index (χ1n) is 10.3. The minimum Gasteiger partial charge on any atom is -0.444 e. The van der Waals surface area contributed by atoms with Crippen molar-refractivity contribution in [2.75, 3.05) is 18.0 Å². The summed E-state index contributed by atoms with van der Waals surface area (Å²) in [6.07, 6.45) is 0.592. The maximum atomic E-state index is 13.5. The number of hydrogen-bond donors (Lipinski definition) is 0. The first kappa shape index (κ1) is 21.5. The Balaban J connectivity index is 1.40. The van der Waals surface area contributed by atoms with E-state index in [1.165, 1.54) is 4.31 Å². The summed E-state index contributed by atoms with van der Waals surface area (Å²) in [4.78, 5) is 14.4. The van der Waals surface area contributed by atoms with Crippen molar-refractivity contribution in [1.29, 1.82) is 0 Å². The quantitative estimate of drug-likeness (QED) is 0.488. The van der Waals surface area contributed by atoms with Crippen LogP contribution in [0.1, 0.15) is 18.4 Å². The van der Waals surface area contributed by atoms with Crippen LogP contribution < -0.4 is 4.90 Å². The molecule has 2 aliphatic rings. The van der Waals surface area contributed by atoms with E-state index in [1.807, 2.05) is 18.2 Å². The number of fused-ring (bicyclic) bond motifs is 2. The summed E-state index contributed by atoms with van der Waals surface area (Å²) < 4.78 is 33.7. The van der Waals surface area contributed by atoms with Crippen LogP contribution >= 0.6 is 23.2 Å². The van der Waals surface area contributed by atoms with Crippen LogP contribution in [-0.2, 0) is 21.4 Å². The molecule has 1 saturated heterocycles. The first-order chi connectivity index (χ1) is 15.4. The Kier molecular flexibility index (Phi) is 5.53. The number of benzene rings is 3. The fourth-order valence-corrected chi connectivity index (χ4v) is 6.59. The van der Waals surface area contributed by atoms with Gasteiger partial charge in [0.1, 0.15) is 6.61 Å². The minimum atomic E-state index is -3.72. The summed E-state index contributed by atoms with van der Waals surface area (Å²) in [5.74, 6) is 0. The van der Waals surface area contributed by atoms with Crippen LogP contribution in [-0.4, -0.2) is 37.9 Å². The van der Waals surface area contributed by atoms with E-state index in [-0.39, 0.29) is 17.5 Å². The molecule has 5 rings (SSSR count). The molecule has 32 heavy (non-hydrogen) atoms. The lowest BCUT2D eigenvalue weighted by molar-refractivity contribution is 0.136. The average Bonchev–Trinajstić information content (AvgIpc) is 2.79. The zero-order valence-corrected chi connectivity index (χ0v) is 19.3. The molecule has 0 N–H and O–H groups in total. The van der Waals surface area contributed by atoms with Gasteiger partial charge in [0.05, 0.1) is 10.6 Å². The summed E-state index contributed by atoms with van der Waals surface area (Å²) in [7, 11) is -3.72. The SMILES string of the molecule is O=C1OCc2cc(Cl)ccc2N1C1CCN(S(=O)(=O)c2ccc(Cl)c3ccccc23)CC1. The van der Waals surface area contributed by atoms with E-state index in [0.717, 1.165) is 11.3 Å². The molecule has 1 fully saturated rings. The molecule has 0 radical (unpaired) electrons. The van der Waals surface area contributed by atoms with Crippen molar-refractivity contribution in [3.63, 3.8) is 0 Å². The molecule has 2 heterocycles. The Hall–Kier alpha value is -2.32. The Morgan fingerprint density at radius 1 is 0.938 bits per heavy atom. The van der Waals surface area contributed by atoms with Gasteiger partial charge in [-0.3, -0.25) is 4.90 Å². The summed E-state index contributed by atoms with van der Waals surface area (Å²) in [5, 5.41) is 2.40. The summed E-state index contributed by atoms with van der Waals surface area (Å²) in [6, 6.07) is 15.6. The lowest BCUT2D eigenvalue weighted by Gasteiger charge is -2.39. The number of anilines is 1. The summed E-state index contributed by atoms with van der Waals surface area (Å²) in [6.45, 7) is 0.787. The fourth-order valence-electron chi connectivity index (χ4n) is 4.50. The Morgan fingerprint density at radius 2 is 1.66 bits per heavy atom. The van der Waals surface area contributed by atoms with Crippen LogP contribution in [0, 0.1) is 0 Å². The third-order valence-corrected chi connectivity index (χ3v) is 8.61. The molecule has 0 unspecified atom stereocenters. The highest BCUT2D eigenvalue weighted by Gasteiger charge is 2.37. The summed E-state index contributed by atoms with van der Waals surface area (Å²) in [5.41, 5.74) is 1.62. The standard InChI is InChI=1S/C23H20Cl2N2O4S/c24-16-5-7-21-15(13-16)14-31-23(28)27(21)17-9-11-26(12-10-17)32(29,30)22-8-6-20(25)18-3-1-2-4-19(18)22/h1-8,13,17H,9-12,14H2. The van der Waals surface area contributed by atoms with Crippen LogP contribution in [0.25, 0.3) is 10.8 Å². The number of ether oxygens (including phenoxy) is 1. The predicted octanol–water partition coefficient (Wildman–Crippen LogP) is 5.46. The van der Waals surface area contributed by atoms with Gasteiger partial charge in [-0.25, -0.2) is 13.2 Å². The minimum absolute atomic E-state index is 0.156. The van der Waals surface area contributed by atoms with Gasteiger partial charge in [0, 0.05) is 45.5 Å². The Bertz CT molecular complexity index is 1320. The molecule has 3 aromatic carbocycles. The van der Waals surface area contributed by atoms with Crippen LogP contribution in [0.5, 0.6) is 0 Å². The molecule has 0 spiro atoms. The predicted molar refractivity (Wildman–Crippen MR) is 125 cm³/mol. The van der Waals surface area contributed by atoms with E-state index in [0.29, 0.717) is 46.7 Å². The smallest absolute Gasteiger partial charge is 0.414 e. The number of carbonyl (C=O) groups excluding carboxylic acids is 1. The lowest BCUT2D eigenvalue weighted by atomic mass is 10.0. The zero-order valence-electron chi connectivity index (χ0n) is 17.0. The monoisotopic (exact) mass is 490 g/mol. The number of sulfonamides is 1. The number of cyclic esters (lactones) is 1. The lowest BCUT2D eigenvalue weighted by Crippen LogP contribution is -2.50. The van der Waals surface area contributed by atoms with Crippen molar-refractivity contribution in [1.82, 2.24) is 4.31 Å². The molecule has 6 nitrogen and oxygen atoms in total. The van der Waals surface area contributed by atoms with Crippen molar-refractivity contribution in [2.45, 2.75) is 30.4 Å². The fraction of sp³-hybridized carbons (Fsp3) is 0.261. The second-order valence-electron chi connectivity index (χ2n) is 7.92. The van der Waals surface area contributed by atoms with Gasteiger partial charge in [-0.2, -0.15) is 4.31 Å². The van der Waals surface area contributed by atoms with E-state index in [2.05, 4.69) is 0 Å². The normalized spacial score (nSPS) is 17.9. The highest BCUT2D eigenvalue weighted by molar-refractivity contribution is 7.89. The van der Waals surface area contributed by atoms with Crippen LogP contribution in [0.2, 0.25) is 10.0 Å². The van der Waals surface area contributed by atoms with Crippen LogP contribution in [0.15, 0.2) is 59.5 Å². The van der Waals surface area contributed by atoms with Crippen molar-refractivity contribution < 1.29 is 17.9 Å². The molecule has 0 aliphatic carbocycles. The molecular formula is C23H20Cl2N2O4S. The zero-order chi connectivity index (χ0) is 22.5. The van der Waals surface area contributed by atoms with Crippen molar-refractivity contribution >= 4 is 55.8 Å². The number of rotatable bonds is 3. The number of carbonyl (C=O) groups is 1. The molecule has 0 atom stereocenters. The van der Waals surface area contributed by atoms with Gasteiger partial charge in [-0.1, -0.05) is 47.5 Å². The molecule has 3 aromatic rings. The van der Waals surface area contributed by atoms with Gasteiger partial charge in [0.25, 0.3) is 0 Å². The van der Waals surface area contributed by atoms with E-state index < -0.39 is 16.1 Å². The topological polar surface area (TPSA) is 66.9 Å². The van der Waals surface area contributed by atoms with E-state index in [4.69, 9.17) is 27.9 Å². The van der Waals surface area contributed by atoms with Crippen molar-refractivity contribution in [2.24, 2.45) is 0 Å². The maximum Gasteiger partial charge on any atom is 0.414 e. The Morgan fingerprint density at radius 3 is 2.41 bits per heavy atom. The van der Waals surface area contributed by atoms with Gasteiger partial charge in [-0.15, -0.1) is 0 Å². The largest absolute Gasteiger partial charge is 0.444 e. The number of halogens is 2. The van der Waals surface area contributed by atoms with Gasteiger partial charge < -0.3 is 4.74 Å². The van der Waals surface area contributed by atoms with E-state index in [9.17, 15) is 13.2 Å². The number of hydrogen-bond acceptors (Lipinski definition) is 4. The number of nitrogens with zero attached hydrogens (tertiary/aromatic N) is 2. The average molecular weight is 491 g/mol. The number of amides is 1. The third-order valence-electron chi connectivity index (χ3n) is 6.09. The molecular weight excluding hydrogens is 471 g/mol. The third kappa shape index (κ3) is 3.63. The molecule has 0 aromatic heterocycles. The van der Waals surface area contributed by atoms with Gasteiger partial charge in [-0.05, 0) is 43.2 Å². The highest BCUT2D eigenvalue weighted by atomic mass is 35.5. The van der Waals surface area contributed by atoms with Crippen LogP contribution in [0.3, 0.4) is 0 Å². The molecule has 9 heteroatoms. The van der Waals surface area contributed by atoms with E-state index in [1.54, 1.807) is 41.3 Å². The highest BCUT2D eigenvalue weighted by Crippen LogP contribution is 2.36. The molecule has 0 bridgehead atoms. The van der Waals surface area contributed by atoms with Crippen molar-refractivity contribution in [3.8, 4) is 0 Å². The van der Waals surface area contributed by atoms with Crippen LogP contribution in [0.4, 0.5) is 10.5 Å². The molecule has 0 saturated carbocycles. The molecule has 1 amide bonds. The van der Waals surface area contributed by atoms with Gasteiger partial charge in [0.15, 0.2) is 0 Å². The molecule has 166 valence electrons. The number of piperidine rings is 1. The molecule has 2 aliphatic heterocycles. The van der Waals surface area contributed by atoms with E-state index >= 15 is 0 Å². The second kappa shape index (κ2) is 8.23. The summed E-state index contributed by atoms with van der Waals surface area (Å²) >= 11 is 12.4. The van der Waals surface area contributed by atoms with Gasteiger partial charge in [0.2, 0.25) is 10.0 Å². The van der Waals surface area contributed by atoms with Gasteiger partial charge >= 0.3 is 6.09 Å². The first-order valence-corrected chi connectivity index (χ1v) is 12.5. The Labute approximate surface area is 196 Å². The van der Waals surface area contributed by atoms with Crippen molar-refractivity contribution in [3.05, 3.63) is 70.2 Å². The second-order valence-corrected chi connectivity index (χ2v) is 10.7. The maximum absolute atomic E-state index is 13.5.